The van der Waals surface area contributed by atoms with Crippen molar-refractivity contribution in [1.82, 2.24) is 25.8 Å². The minimum atomic E-state index is -1.12. The van der Waals surface area contributed by atoms with Gasteiger partial charge in [-0.25, -0.2) is 9.59 Å². The molecule has 2 heterocycles. The smallest absolute Gasteiger partial charge is 0.328 e. The van der Waals surface area contributed by atoms with Crippen molar-refractivity contribution in [3.63, 3.8) is 0 Å². The fourth-order valence-electron chi connectivity index (χ4n) is 2.43. The van der Waals surface area contributed by atoms with Gasteiger partial charge in [-0.3, -0.25) is 14.6 Å². The van der Waals surface area contributed by atoms with Crippen LogP contribution in [0.25, 0.3) is 0 Å². The molecule has 0 aliphatic carbocycles. The van der Waals surface area contributed by atoms with Crippen LogP contribution < -0.4 is 16.0 Å². The van der Waals surface area contributed by atoms with E-state index in [1.165, 1.54) is 0 Å². The van der Waals surface area contributed by atoms with Gasteiger partial charge < -0.3 is 21.1 Å². The molecule has 0 radical (unpaired) electrons. The topological polar surface area (TPSA) is 114 Å². The van der Waals surface area contributed by atoms with Crippen LogP contribution in [-0.2, 0) is 9.59 Å². The lowest BCUT2D eigenvalue weighted by atomic mass is 10.2. The summed E-state index contributed by atoms with van der Waals surface area (Å²) < 4.78 is 0. The largest absolute Gasteiger partial charge is 0.480 e. The minimum Gasteiger partial charge on any atom is -0.480 e. The molecule has 2 fully saturated rings. The predicted octanol–water partition coefficient (Wildman–Crippen LogP) is -2.51. The third-order valence-corrected chi connectivity index (χ3v) is 3.64. The van der Waals surface area contributed by atoms with Crippen LogP contribution in [0.4, 0.5) is 4.79 Å². The Hall–Kier alpha value is -1.87. The molecule has 2 aliphatic rings. The molecule has 0 aromatic heterocycles. The highest BCUT2D eigenvalue weighted by Crippen LogP contribution is 2.04. The Morgan fingerprint density at radius 1 is 1.33 bits per heavy atom. The lowest BCUT2D eigenvalue weighted by molar-refractivity contribution is -0.144. The number of urea groups is 1. The zero-order valence-corrected chi connectivity index (χ0v) is 11.8. The Morgan fingerprint density at radius 3 is 2.71 bits per heavy atom. The van der Waals surface area contributed by atoms with Crippen LogP contribution in [0, 0.1) is 0 Å². The number of aliphatic carboxylic acids is 1. The van der Waals surface area contributed by atoms with Gasteiger partial charge in [0.05, 0.1) is 0 Å². The second-order valence-corrected chi connectivity index (χ2v) is 5.11. The van der Waals surface area contributed by atoms with E-state index in [-0.39, 0.29) is 19.0 Å². The predicted molar refractivity (Wildman–Crippen MR) is 73.8 cm³/mol. The standard InChI is InChI=1S/C12H21N5O4/c18-10-8-17(9(7-15-10)11(19)20)12(21)14-3-6-16-4-1-13-2-5-16/h9,13H,1-8H2,(H,14,21)(H,15,18)(H,19,20). The zero-order valence-electron chi connectivity index (χ0n) is 11.8. The van der Waals surface area contributed by atoms with E-state index in [1.54, 1.807) is 0 Å². The van der Waals surface area contributed by atoms with Crippen molar-refractivity contribution >= 4 is 17.9 Å². The summed E-state index contributed by atoms with van der Waals surface area (Å²) in [5, 5.41) is 17.5. The van der Waals surface area contributed by atoms with Crippen LogP contribution in [0.15, 0.2) is 0 Å². The molecule has 9 heteroatoms. The minimum absolute atomic E-state index is 0.0562. The molecule has 21 heavy (non-hydrogen) atoms. The van der Waals surface area contributed by atoms with E-state index in [0.717, 1.165) is 31.1 Å². The number of piperazine rings is 2. The van der Waals surface area contributed by atoms with Gasteiger partial charge in [0.15, 0.2) is 0 Å². The Kier molecular flexibility index (Phi) is 5.34. The summed E-state index contributed by atoms with van der Waals surface area (Å²) in [5.41, 5.74) is 0. The highest BCUT2D eigenvalue weighted by atomic mass is 16.4. The fraction of sp³-hybridized carbons (Fsp3) is 0.750. The van der Waals surface area contributed by atoms with E-state index in [2.05, 4.69) is 20.9 Å². The molecule has 0 saturated carbocycles. The monoisotopic (exact) mass is 299 g/mol. The number of carbonyl (C=O) groups is 3. The molecule has 2 aliphatic heterocycles. The Morgan fingerprint density at radius 2 is 2.05 bits per heavy atom. The maximum atomic E-state index is 12.0. The van der Waals surface area contributed by atoms with E-state index in [1.807, 2.05) is 0 Å². The van der Waals surface area contributed by atoms with Crippen molar-refractivity contribution in [3.05, 3.63) is 0 Å². The van der Waals surface area contributed by atoms with Crippen LogP contribution in [0.2, 0.25) is 0 Å². The van der Waals surface area contributed by atoms with Gasteiger partial charge in [0.25, 0.3) is 0 Å². The number of amides is 3. The molecule has 0 spiro atoms. The molecule has 118 valence electrons. The Bertz CT molecular complexity index is 410. The van der Waals surface area contributed by atoms with E-state index < -0.39 is 18.0 Å². The number of rotatable bonds is 4. The van der Waals surface area contributed by atoms with Gasteiger partial charge in [0.1, 0.15) is 12.6 Å². The molecular formula is C12H21N5O4. The molecule has 0 aromatic carbocycles. The normalized spacial score (nSPS) is 23.5. The molecule has 0 bridgehead atoms. The van der Waals surface area contributed by atoms with Crippen LogP contribution in [0.5, 0.6) is 0 Å². The van der Waals surface area contributed by atoms with E-state index in [9.17, 15) is 14.4 Å². The molecule has 2 rings (SSSR count). The molecular weight excluding hydrogens is 278 g/mol. The van der Waals surface area contributed by atoms with Gasteiger partial charge in [0.2, 0.25) is 5.91 Å². The summed E-state index contributed by atoms with van der Waals surface area (Å²) in [7, 11) is 0. The summed E-state index contributed by atoms with van der Waals surface area (Å²) >= 11 is 0. The van der Waals surface area contributed by atoms with Gasteiger partial charge in [-0.05, 0) is 0 Å². The SMILES string of the molecule is O=C1CN(C(=O)NCCN2CCNCC2)C(C(=O)O)CN1. The Balaban J connectivity index is 1.79. The number of nitrogens with one attached hydrogen (secondary N) is 3. The third kappa shape index (κ3) is 4.30. The second kappa shape index (κ2) is 7.23. The molecule has 4 N–H and O–H groups in total. The van der Waals surface area contributed by atoms with Crippen molar-refractivity contribution in [2.24, 2.45) is 0 Å². The first-order chi connectivity index (χ1) is 10.1. The van der Waals surface area contributed by atoms with E-state index in [4.69, 9.17) is 5.11 Å². The number of hydrogen-bond donors (Lipinski definition) is 4. The summed E-state index contributed by atoms with van der Waals surface area (Å²) in [6.07, 6.45) is 0. The maximum Gasteiger partial charge on any atom is 0.328 e. The van der Waals surface area contributed by atoms with Crippen molar-refractivity contribution < 1.29 is 19.5 Å². The second-order valence-electron chi connectivity index (χ2n) is 5.11. The fourth-order valence-corrected chi connectivity index (χ4v) is 2.43. The van der Waals surface area contributed by atoms with E-state index >= 15 is 0 Å². The number of hydrogen-bond acceptors (Lipinski definition) is 5. The van der Waals surface area contributed by atoms with Gasteiger partial charge >= 0.3 is 12.0 Å². The third-order valence-electron chi connectivity index (χ3n) is 3.64. The van der Waals surface area contributed by atoms with Crippen molar-refractivity contribution in [2.75, 3.05) is 52.4 Å². The van der Waals surface area contributed by atoms with Crippen molar-refractivity contribution in [3.8, 4) is 0 Å². The average molecular weight is 299 g/mol. The van der Waals surface area contributed by atoms with Crippen LogP contribution >= 0.6 is 0 Å². The summed E-state index contributed by atoms with van der Waals surface area (Å²) in [6, 6.07) is -1.52. The maximum absolute atomic E-state index is 12.0. The highest BCUT2D eigenvalue weighted by Gasteiger charge is 2.35. The van der Waals surface area contributed by atoms with Crippen molar-refractivity contribution in [2.45, 2.75) is 6.04 Å². The zero-order chi connectivity index (χ0) is 15.2. The number of carbonyl (C=O) groups excluding carboxylic acids is 2. The van der Waals surface area contributed by atoms with Gasteiger partial charge in [-0.1, -0.05) is 0 Å². The summed E-state index contributed by atoms with van der Waals surface area (Å²) in [4.78, 5) is 37.8. The van der Waals surface area contributed by atoms with Crippen LogP contribution in [-0.4, -0.2) is 91.2 Å². The first-order valence-corrected chi connectivity index (χ1v) is 7.05. The van der Waals surface area contributed by atoms with Gasteiger partial charge in [-0.2, -0.15) is 0 Å². The van der Waals surface area contributed by atoms with Crippen LogP contribution in [0.1, 0.15) is 0 Å². The summed E-state index contributed by atoms with van der Waals surface area (Å²) in [6.45, 7) is 4.59. The molecule has 1 atom stereocenters. The lowest BCUT2D eigenvalue weighted by Crippen LogP contribution is -2.61. The first-order valence-electron chi connectivity index (χ1n) is 7.05. The molecule has 3 amide bonds. The quantitative estimate of drug-likeness (QED) is 0.456. The summed E-state index contributed by atoms with van der Waals surface area (Å²) in [5.74, 6) is -1.46. The lowest BCUT2D eigenvalue weighted by Gasteiger charge is -2.33. The van der Waals surface area contributed by atoms with Gasteiger partial charge in [0, 0.05) is 45.8 Å². The first kappa shape index (κ1) is 15.5. The molecule has 9 nitrogen and oxygen atoms in total. The van der Waals surface area contributed by atoms with Crippen molar-refractivity contribution in [1.29, 1.82) is 0 Å². The molecule has 0 aromatic rings. The highest BCUT2D eigenvalue weighted by molar-refractivity contribution is 5.90. The molecule has 2 saturated heterocycles. The average Bonchev–Trinajstić information content (AvgIpc) is 2.47. The molecule has 1 unspecified atom stereocenters. The van der Waals surface area contributed by atoms with Gasteiger partial charge in [-0.15, -0.1) is 0 Å². The van der Waals surface area contributed by atoms with Crippen LogP contribution in [0.3, 0.4) is 0 Å². The Labute approximate surface area is 122 Å². The number of carboxylic acid groups (broad SMARTS) is 1. The number of carboxylic acids is 1. The van der Waals surface area contributed by atoms with E-state index in [0.29, 0.717) is 13.1 Å². The number of nitrogens with zero attached hydrogens (tertiary/aromatic N) is 2.